The molecule has 2 rings (SSSR count). The van der Waals surface area contributed by atoms with E-state index in [1.54, 1.807) is 0 Å². The summed E-state index contributed by atoms with van der Waals surface area (Å²) in [6.07, 6.45) is 0.150. The average molecular weight is 271 g/mol. The third kappa shape index (κ3) is 2.70. The Hall–Kier alpha value is -2.02. The van der Waals surface area contributed by atoms with E-state index in [2.05, 4.69) is 0 Å². The fourth-order valence-electron chi connectivity index (χ4n) is 1.92. The van der Waals surface area contributed by atoms with Crippen LogP contribution in [0.4, 0.5) is 4.39 Å². The number of carboxylic acid groups (broad SMARTS) is 1. The lowest BCUT2D eigenvalue weighted by molar-refractivity contribution is -0.137. The van der Waals surface area contributed by atoms with Crippen molar-refractivity contribution in [1.82, 2.24) is 0 Å². The third-order valence-electron chi connectivity index (χ3n) is 2.77. The minimum absolute atomic E-state index is 0.0701. The largest absolute Gasteiger partial charge is 0.504 e. The number of hydrogen-bond donors (Lipinski definition) is 3. The molecule has 1 atom stereocenters. The highest BCUT2D eigenvalue weighted by molar-refractivity contribution is 5.69. The number of hydrogen-bond acceptors (Lipinski definition) is 5. The van der Waals surface area contributed by atoms with E-state index in [0.717, 1.165) is 6.07 Å². The lowest BCUT2D eigenvalue weighted by atomic mass is 10.0. The van der Waals surface area contributed by atoms with Crippen molar-refractivity contribution >= 4 is 5.97 Å². The molecule has 104 valence electrons. The maximum atomic E-state index is 13.6. The molecule has 1 aliphatic rings. The number of carboxylic acids is 1. The zero-order chi connectivity index (χ0) is 14.0. The van der Waals surface area contributed by atoms with Gasteiger partial charge in [0.25, 0.3) is 0 Å². The standard InChI is InChI=1S/C12H14FNO5/c13-6-4-8-12(19-3-1-2-18-8)10(11(6)17)7(14)5-9(15)16/h4,7,17H,1-3,5,14H2,(H,15,16). The summed E-state index contributed by atoms with van der Waals surface area (Å²) in [6.45, 7) is 0.676. The molecule has 1 unspecified atom stereocenters. The molecule has 0 saturated heterocycles. The van der Waals surface area contributed by atoms with Gasteiger partial charge in [0.2, 0.25) is 0 Å². The topological polar surface area (TPSA) is 102 Å². The van der Waals surface area contributed by atoms with Gasteiger partial charge in [-0.15, -0.1) is 0 Å². The summed E-state index contributed by atoms with van der Waals surface area (Å²) >= 11 is 0. The van der Waals surface area contributed by atoms with E-state index >= 15 is 0 Å². The molecule has 7 heteroatoms. The van der Waals surface area contributed by atoms with Gasteiger partial charge < -0.3 is 25.4 Å². The summed E-state index contributed by atoms with van der Waals surface area (Å²) in [5.41, 5.74) is 5.63. The van der Waals surface area contributed by atoms with E-state index < -0.39 is 30.0 Å². The van der Waals surface area contributed by atoms with Gasteiger partial charge in [0.1, 0.15) is 0 Å². The van der Waals surface area contributed by atoms with Crippen molar-refractivity contribution in [2.75, 3.05) is 13.2 Å². The van der Waals surface area contributed by atoms with Crippen LogP contribution < -0.4 is 15.2 Å². The summed E-state index contributed by atoms with van der Waals surface area (Å²) in [5, 5.41) is 18.5. The molecule has 0 fully saturated rings. The van der Waals surface area contributed by atoms with Crippen molar-refractivity contribution in [1.29, 1.82) is 0 Å². The number of rotatable bonds is 3. The summed E-state index contributed by atoms with van der Waals surface area (Å²) in [6, 6.07) is -0.0730. The number of phenols is 1. The smallest absolute Gasteiger partial charge is 0.305 e. The minimum atomic E-state index is -1.15. The number of aromatic hydroxyl groups is 1. The van der Waals surface area contributed by atoms with Crippen molar-refractivity contribution in [2.45, 2.75) is 18.9 Å². The Labute approximate surface area is 108 Å². The number of halogens is 1. The minimum Gasteiger partial charge on any atom is -0.504 e. The zero-order valence-electron chi connectivity index (χ0n) is 10.1. The Kier molecular flexibility index (Phi) is 3.75. The SMILES string of the molecule is NC(CC(=O)O)c1c(O)c(F)cc2c1OCCCO2. The van der Waals surface area contributed by atoms with E-state index in [1.165, 1.54) is 0 Å². The molecule has 1 aromatic rings. The molecule has 0 spiro atoms. The molecule has 0 radical (unpaired) electrons. The normalized spacial score (nSPS) is 15.7. The zero-order valence-corrected chi connectivity index (χ0v) is 10.1. The van der Waals surface area contributed by atoms with Gasteiger partial charge in [-0.05, 0) is 0 Å². The van der Waals surface area contributed by atoms with Crippen LogP contribution in [-0.4, -0.2) is 29.4 Å². The number of benzene rings is 1. The third-order valence-corrected chi connectivity index (χ3v) is 2.77. The van der Waals surface area contributed by atoms with Crippen LogP contribution in [0.1, 0.15) is 24.4 Å². The number of aliphatic carboxylic acids is 1. The molecular formula is C12H14FNO5. The first kappa shape index (κ1) is 13.4. The second-order valence-electron chi connectivity index (χ2n) is 4.20. The van der Waals surface area contributed by atoms with E-state index in [1.807, 2.05) is 0 Å². The van der Waals surface area contributed by atoms with Crippen molar-refractivity contribution in [3.8, 4) is 17.2 Å². The fourth-order valence-corrected chi connectivity index (χ4v) is 1.92. The molecule has 0 amide bonds. The Morgan fingerprint density at radius 1 is 1.47 bits per heavy atom. The van der Waals surface area contributed by atoms with Crippen LogP contribution in [0.25, 0.3) is 0 Å². The van der Waals surface area contributed by atoms with Crippen LogP contribution in [-0.2, 0) is 4.79 Å². The Bertz CT molecular complexity index is 505. The molecule has 1 aliphatic heterocycles. The molecule has 0 aliphatic carbocycles. The maximum absolute atomic E-state index is 13.6. The van der Waals surface area contributed by atoms with Crippen LogP contribution in [0.3, 0.4) is 0 Å². The van der Waals surface area contributed by atoms with Crippen LogP contribution in [0, 0.1) is 5.82 Å². The van der Waals surface area contributed by atoms with Crippen molar-refractivity contribution in [3.05, 3.63) is 17.4 Å². The van der Waals surface area contributed by atoms with Crippen molar-refractivity contribution in [3.63, 3.8) is 0 Å². The van der Waals surface area contributed by atoms with Gasteiger partial charge in [-0.3, -0.25) is 4.79 Å². The highest BCUT2D eigenvalue weighted by Gasteiger charge is 2.27. The lowest BCUT2D eigenvalue weighted by Gasteiger charge is -2.18. The molecule has 4 N–H and O–H groups in total. The van der Waals surface area contributed by atoms with E-state index in [4.69, 9.17) is 20.3 Å². The van der Waals surface area contributed by atoms with Gasteiger partial charge in [-0.1, -0.05) is 0 Å². The van der Waals surface area contributed by atoms with Gasteiger partial charge in [0, 0.05) is 18.5 Å². The van der Waals surface area contributed by atoms with Gasteiger partial charge in [-0.25, -0.2) is 4.39 Å². The number of ether oxygens (including phenoxy) is 2. The number of fused-ring (bicyclic) bond motifs is 1. The molecule has 1 heterocycles. The number of phenolic OH excluding ortho intramolecular Hbond substituents is 1. The number of nitrogens with two attached hydrogens (primary N) is 1. The first-order valence-electron chi connectivity index (χ1n) is 5.79. The molecule has 19 heavy (non-hydrogen) atoms. The second-order valence-corrected chi connectivity index (χ2v) is 4.20. The van der Waals surface area contributed by atoms with Gasteiger partial charge in [0.05, 0.1) is 25.2 Å². The predicted molar refractivity (Wildman–Crippen MR) is 62.9 cm³/mol. The Balaban J connectivity index is 2.50. The molecule has 0 aromatic heterocycles. The van der Waals surface area contributed by atoms with Crippen molar-refractivity contribution < 1.29 is 28.9 Å². The predicted octanol–water partition coefficient (Wildman–Crippen LogP) is 1.17. The van der Waals surface area contributed by atoms with Crippen LogP contribution in [0.2, 0.25) is 0 Å². The molecule has 0 bridgehead atoms. The van der Waals surface area contributed by atoms with Crippen LogP contribution in [0.15, 0.2) is 6.07 Å². The second kappa shape index (κ2) is 5.31. The monoisotopic (exact) mass is 271 g/mol. The molecule has 1 aromatic carbocycles. The van der Waals surface area contributed by atoms with Gasteiger partial charge >= 0.3 is 5.97 Å². The summed E-state index contributed by atoms with van der Waals surface area (Å²) in [7, 11) is 0. The fraction of sp³-hybridized carbons (Fsp3) is 0.417. The quantitative estimate of drug-likeness (QED) is 0.762. The highest BCUT2D eigenvalue weighted by Crippen LogP contribution is 2.43. The van der Waals surface area contributed by atoms with E-state index in [9.17, 15) is 14.3 Å². The highest BCUT2D eigenvalue weighted by atomic mass is 19.1. The van der Waals surface area contributed by atoms with E-state index in [-0.39, 0.29) is 17.1 Å². The summed E-state index contributed by atoms with van der Waals surface area (Å²) < 4.78 is 24.3. The van der Waals surface area contributed by atoms with Crippen LogP contribution >= 0.6 is 0 Å². The maximum Gasteiger partial charge on any atom is 0.305 e. The average Bonchev–Trinajstić information content (AvgIpc) is 2.54. The molecule has 6 nitrogen and oxygen atoms in total. The van der Waals surface area contributed by atoms with E-state index in [0.29, 0.717) is 19.6 Å². The first-order chi connectivity index (χ1) is 9.00. The number of carbonyl (C=O) groups is 1. The Morgan fingerprint density at radius 3 is 2.84 bits per heavy atom. The van der Waals surface area contributed by atoms with Crippen LogP contribution in [0.5, 0.6) is 17.2 Å². The Morgan fingerprint density at radius 2 is 2.16 bits per heavy atom. The lowest BCUT2D eigenvalue weighted by Crippen LogP contribution is -2.17. The summed E-state index contributed by atoms with van der Waals surface area (Å²) in [4.78, 5) is 10.7. The summed E-state index contributed by atoms with van der Waals surface area (Å²) in [5.74, 6) is -2.52. The van der Waals surface area contributed by atoms with Crippen molar-refractivity contribution in [2.24, 2.45) is 5.73 Å². The van der Waals surface area contributed by atoms with Gasteiger partial charge in [-0.2, -0.15) is 0 Å². The van der Waals surface area contributed by atoms with Gasteiger partial charge in [0.15, 0.2) is 23.1 Å². The molecule has 0 saturated carbocycles. The molecular weight excluding hydrogens is 257 g/mol. The first-order valence-corrected chi connectivity index (χ1v) is 5.79.